The molecule has 0 atom stereocenters. The Balaban J connectivity index is 3.75. The molecule has 0 amide bonds. The molecule has 0 unspecified atom stereocenters. The maximum Gasteiger partial charge on any atom is 0.334 e. The third kappa shape index (κ3) is 3.73. The average molecular weight is 146 g/mol. The third-order valence-electron chi connectivity index (χ3n) is 0.689. The summed E-state index contributed by atoms with van der Waals surface area (Å²) in [5.41, 5.74) is 6.60. The zero-order valence-corrected chi connectivity index (χ0v) is 5.63. The fraction of sp³-hybridized carbons (Fsp3) is 0.400. The van der Waals surface area contributed by atoms with Gasteiger partial charge in [-0.25, -0.2) is 4.79 Å². The Labute approximate surface area is 58.4 Å². The molecule has 0 fully saturated rings. The Morgan fingerprint density at radius 1 is 1.90 bits per heavy atom. The summed E-state index contributed by atoms with van der Waals surface area (Å²) >= 11 is 0. The van der Waals surface area contributed by atoms with Gasteiger partial charge in [0.1, 0.15) is 5.82 Å². The molecule has 0 aliphatic rings. The van der Waals surface area contributed by atoms with Gasteiger partial charge >= 0.3 is 5.97 Å². The van der Waals surface area contributed by atoms with Crippen LogP contribution in [0.2, 0.25) is 0 Å². The number of nitrogens with two attached hydrogens (primary N) is 1. The number of hydrogen-bond donors (Lipinski definition) is 3. The van der Waals surface area contributed by atoms with Crippen LogP contribution in [0.1, 0.15) is 6.92 Å². The molecule has 0 aromatic heterocycles. The molecule has 5 nitrogen and oxygen atoms in total. The van der Waals surface area contributed by atoms with Crippen LogP contribution in [0.4, 0.5) is 0 Å². The molecule has 4 N–H and O–H groups in total. The average Bonchev–Trinajstić information content (AvgIpc) is 1.88. The Morgan fingerprint density at radius 2 is 2.50 bits per heavy atom. The van der Waals surface area contributed by atoms with Gasteiger partial charge in [-0.15, -0.1) is 0 Å². The molecule has 0 saturated heterocycles. The van der Waals surface area contributed by atoms with Gasteiger partial charge < -0.3 is 10.5 Å². The van der Waals surface area contributed by atoms with Crippen LogP contribution in [0.3, 0.4) is 0 Å². The van der Waals surface area contributed by atoms with Crippen molar-refractivity contribution in [1.82, 2.24) is 5.48 Å². The molecule has 5 heteroatoms. The Hall–Kier alpha value is -1.23. The quantitative estimate of drug-likeness (QED) is 0.279. The first-order valence-electron chi connectivity index (χ1n) is 2.74. The predicted molar refractivity (Wildman–Crippen MR) is 33.8 cm³/mol. The smallest absolute Gasteiger partial charge is 0.334 e. The third-order valence-corrected chi connectivity index (χ3v) is 0.689. The van der Waals surface area contributed by atoms with Crippen LogP contribution in [0.25, 0.3) is 0 Å². The molecule has 58 valence electrons. The molecular formula is C5H10N2O3. The summed E-state index contributed by atoms with van der Waals surface area (Å²) in [6, 6.07) is 0. The van der Waals surface area contributed by atoms with E-state index in [9.17, 15) is 4.79 Å². The summed E-state index contributed by atoms with van der Waals surface area (Å²) in [5.74, 6) is -0.722. The molecule has 0 heterocycles. The minimum Gasteiger partial charge on any atom is -0.463 e. The first kappa shape index (κ1) is 8.77. The number of ether oxygens (including phenoxy) is 1. The summed E-state index contributed by atoms with van der Waals surface area (Å²) in [6.07, 6.45) is 0.948. The number of carbonyl (C=O) groups excluding carboxylic acids is 1. The van der Waals surface area contributed by atoms with Crippen molar-refractivity contribution in [3.63, 3.8) is 0 Å². The van der Waals surface area contributed by atoms with Crippen molar-refractivity contribution in [2.24, 2.45) is 5.73 Å². The van der Waals surface area contributed by atoms with Gasteiger partial charge in [-0.3, -0.25) is 10.7 Å². The summed E-state index contributed by atoms with van der Waals surface area (Å²) in [7, 11) is 0. The van der Waals surface area contributed by atoms with E-state index in [1.54, 1.807) is 12.4 Å². The highest BCUT2D eigenvalue weighted by Gasteiger charge is 1.95. The van der Waals surface area contributed by atoms with Crippen LogP contribution in [-0.2, 0) is 9.53 Å². The van der Waals surface area contributed by atoms with Gasteiger partial charge in [0.05, 0.1) is 12.7 Å². The molecule has 0 aromatic rings. The summed E-state index contributed by atoms with van der Waals surface area (Å²) in [6.45, 7) is 1.96. The molecule has 0 aliphatic carbocycles. The van der Waals surface area contributed by atoms with Crippen LogP contribution in [0, 0.1) is 0 Å². The van der Waals surface area contributed by atoms with Crippen LogP contribution >= 0.6 is 0 Å². The van der Waals surface area contributed by atoms with Crippen molar-refractivity contribution >= 4 is 5.97 Å². The highest BCUT2D eigenvalue weighted by Crippen LogP contribution is 1.81. The standard InChI is InChI=1S/C5H10N2O3/c1-2-10-5(8)3-4(6)7-9/h3,7,9H,2,6H2,1H3. The van der Waals surface area contributed by atoms with Crippen molar-refractivity contribution in [2.75, 3.05) is 6.61 Å². The molecule has 0 aliphatic heterocycles. The number of esters is 1. The van der Waals surface area contributed by atoms with Gasteiger partial charge in [-0.05, 0) is 6.92 Å². The topological polar surface area (TPSA) is 84.6 Å². The van der Waals surface area contributed by atoms with Gasteiger partial charge in [-0.2, -0.15) is 0 Å². The molecule has 0 radical (unpaired) electrons. The van der Waals surface area contributed by atoms with Crippen LogP contribution in [0.5, 0.6) is 0 Å². The van der Waals surface area contributed by atoms with Gasteiger partial charge in [0.2, 0.25) is 0 Å². The molecule has 0 spiro atoms. The van der Waals surface area contributed by atoms with E-state index >= 15 is 0 Å². The van der Waals surface area contributed by atoms with E-state index in [-0.39, 0.29) is 12.4 Å². The zero-order chi connectivity index (χ0) is 7.98. The second kappa shape index (κ2) is 4.63. The summed E-state index contributed by atoms with van der Waals surface area (Å²) < 4.78 is 4.47. The zero-order valence-electron chi connectivity index (χ0n) is 5.63. The highest BCUT2D eigenvalue weighted by atomic mass is 16.5. The molecular weight excluding hydrogens is 136 g/mol. The summed E-state index contributed by atoms with van der Waals surface area (Å²) in [4.78, 5) is 10.5. The van der Waals surface area contributed by atoms with E-state index in [0.29, 0.717) is 0 Å². The van der Waals surface area contributed by atoms with E-state index in [1.165, 1.54) is 0 Å². The normalized spacial score (nSPS) is 10.8. The highest BCUT2D eigenvalue weighted by molar-refractivity contribution is 5.82. The largest absolute Gasteiger partial charge is 0.463 e. The lowest BCUT2D eigenvalue weighted by Crippen LogP contribution is -2.17. The monoisotopic (exact) mass is 146 g/mol. The predicted octanol–water partition coefficient (Wildman–Crippen LogP) is -0.672. The maximum absolute atomic E-state index is 10.5. The van der Waals surface area contributed by atoms with Crippen LogP contribution in [-0.4, -0.2) is 17.8 Å². The lowest BCUT2D eigenvalue weighted by atomic mass is 10.6. The Bertz CT molecular complexity index is 144. The van der Waals surface area contributed by atoms with Gasteiger partial charge in [0, 0.05) is 0 Å². The van der Waals surface area contributed by atoms with E-state index in [4.69, 9.17) is 10.9 Å². The fourth-order valence-corrected chi connectivity index (χ4v) is 0.343. The first-order valence-corrected chi connectivity index (χ1v) is 2.74. The number of nitrogens with one attached hydrogen (secondary N) is 1. The molecule has 0 bridgehead atoms. The second-order valence-electron chi connectivity index (χ2n) is 1.46. The molecule has 0 saturated carbocycles. The van der Waals surface area contributed by atoms with Crippen molar-refractivity contribution < 1.29 is 14.7 Å². The van der Waals surface area contributed by atoms with Gasteiger partial charge in [0.15, 0.2) is 0 Å². The van der Waals surface area contributed by atoms with Crippen molar-refractivity contribution in [3.8, 4) is 0 Å². The first-order chi connectivity index (χ1) is 4.70. The number of hydrogen-bond acceptors (Lipinski definition) is 5. The van der Waals surface area contributed by atoms with Crippen LogP contribution in [0.15, 0.2) is 11.9 Å². The van der Waals surface area contributed by atoms with E-state index < -0.39 is 5.97 Å². The lowest BCUT2D eigenvalue weighted by Gasteiger charge is -1.97. The van der Waals surface area contributed by atoms with Gasteiger partial charge in [-0.1, -0.05) is 0 Å². The fourth-order valence-electron chi connectivity index (χ4n) is 0.343. The van der Waals surface area contributed by atoms with Crippen molar-refractivity contribution in [1.29, 1.82) is 0 Å². The number of carbonyl (C=O) groups is 1. The van der Waals surface area contributed by atoms with Crippen molar-refractivity contribution in [3.05, 3.63) is 11.9 Å². The maximum atomic E-state index is 10.5. The lowest BCUT2D eigenvalue weighted by molar-refractivity contribution is -0.137. The molecule has 0 aromatic carbocycles. The second-order valence-corrected chi connectivity index (χ2v) is 1.46. The minimum absolute atomic E-state index is 0.140. The Kier molecular flexibility index (Phi) is 4.06. The van der Waals surface area contributed by atoms with E-state index in [0.717, 1.165) is 6.08 Å². The van der Waals surface area contributed by atoms with E-state index in [1.807, 2.05) is 0 Å². The van der Waals surface area contributed by atoms with Crippen LogP contribution < -0.4 is 11.2 Å². The van der Waals surface area contributed by atoms with Crippen molar-refractivity contribution in [2.45, 2.75) is 6.92 Å². The van der Waals surface area contributed by atoms with Gasteiger partial charge in [0.25, 0.3) is 0 Å². The summed E-state index contributed by atoms with van der Waals surface area (Å²) in [5, 5.41) is 8.10. The van der Waals surface area contributed by atoms with E-state index in [2.05, 4.69) is 4.74 Å². The SMILES string of the molecule is CCOC(=O)C=C(N)NO. The number of rotatable bonds is 3. The minimum atomic E-state index is -0.582. The number of hydroxylamine groups is 1. The Morgan fingerprint density at radius 3 is 2.90 bits per heavy atom. The molecule has 0 rings (SSSR count). The molecule has 10 heavy (non-hydrogen) atoms.